The van der Waals surface area contributed by atoms with Crippen molar-refractivity contribution < 1.29 is 9.59 Å². The first-order valence-corrected chi connectivity index (χ1v) is 7.62. The fourth-order valence-corrected chi connectivity index (χ4v) is 2.22. The number of nitriles is 1. The second-order valence-corrected chi connectivity index (χ2v) is 5.18. The van der Waals surface area contributed by atoms with Gasteiger partial charge in [0.05, 0.1) is 11.3 Å². The van der Waals surface area contributed by atoms with E-state index >= 15 is 0 Å². The number of amides is 2. The first kappa shape index (κ1) is 15.6. The Kier molecular flexibility index (Phi) is 5.17. The van der Waals surface area contributed by atoms with E-state index in [1.807, 2.05) is 18.4 Å². The molecule has 0 fully saturated rings. The molecule has 5 nitrogen and oxygen atoms in total. The topological polar surface area (TPSA) is 82.0 Å². The van der Waals surface area contributed by atoms with Crippen molar-refractivity contribution in [3.05, 3.63) is 54.1 Å². The third kappa shape index (κ3) is 3.87. The summed E-state index contributed by atoms with van der Waals surface area (Å²) in [7, 11) is 0. The second kappa shape index (κ2) is 7.29. The predicted molar refractivity (Wildman–Crippen MR) is 86.6 cm³/mol. The van der Waals surface area contributed by atoms with E-state index in [0.29, 0.717) is 16.9 Å². The van der Waals surface area contributed by atoms with Crippen LogP contribution in [0.2, 0.25) is 0 Å². The molecule has 0 heterocycles. The van der Waals surface area contributed by atoms with Gasteiger partial charge in [-0.05, 0) is 36.6 Å². The van der Waals surface area contributed by atoms with E-state index < -0.39 is 11.8 Å². The van der Waals surface area contributed by atoms with Gasteiger partial charge in [0.1, 0.15) is 6.07 Å². The number of benzene rings is 2. The third-order valence-electron chi connectivity index (χ3n) is 2.83. The highest BCUT2D eigenvalue weighted by atomic mass is 32.2. The molecule has 0 saturated heterocycles. The molecule has 110 valence electrons. The van der Waals surface area contributed by atoms with Gasteiger partial charge < -0.3 is 10.6 Å². The Morgan fingerprint density at radius 3 is 2.50 bits per heavy atom. The average molecular weight is 311 g/mol. The first-order chi connectivity index (χ1) is 10.6. The quantitative estimate of drug-likeness (QED) is 0.674. The summed E-state index contributed by atoms with van der Waals surface area (Å²) in [5.41, 5.74) is 1.15. The third-order valence-corrected chi connectivity index (χ3v) is 3.55. The van der Waals surface area contributed by atoms with E-state index in [9.17, 15) is 9.59 Å². The molecule has 0 bridgehead atoms. The highest BCUT2D eigenvalue weighted by Crippen LogP contribution is 2.19. The van der Waals surface area contributed by atoms with Crippen LogP contribution in [-0.2, 0) is 9.59 Å². The molecule has 6 heteroatoms. The molecule has 2 amide bonds. The Hall–Kier alpha value is -2.78. The van der Waals surface area contributed by atoms with Gasteiger partial charge in [0.15, 0.2) is 0 Å². The summed E-state index contributed by atoms with van der Waals surface area (Å²) in [6.45, 7) is 0. The Morgan fingerprint density at radius 2 is 1.77 bits per heavy atom. The maximum absolute atomic E-state index is 11.9. The predicted octanol–water partition coefficient (Wildman–Crippen LogP) is 2.86. The number of anilines is 2. The van der Waals surface area contributed by atoms with E-state index in [1.54, 1.807) is 42.5 Å². The molecular weight excluding hydrogens is 298 g/mol. The van der Waals surface area contributed by atoms with Gasteiger partial charge in [-0.1, -0.05) is 18.2 Å². The summed E-state index contributed by atoms with van der Waals surface area (Å²) in [5, 5.41) is 13.9. The van der Waals surface area contributed by atoms with Crippen molar-refractivity contribution in [2.75, 3.05) is 16.9 Å². The molecule has 0 saturated carbocycles. The zero-order chi connectivity index (χ0) is 15.9. The summed E-state index contributed by atoms with van der Waals surface area (Å²) < 4.78 is 0. The highest BCUT2D eigenvalue weighted by molar-refractivity contribution is 7.98. The van der Waals surface area contributed by atoms with Crippen LogP contribution in [0.4, 0.5) is 11.4 Å². The minimum atomic E-state index is -0.822. The van der Waals surface area contributed by atoms with E-state index in [4.69, 9.17) is 5.26 Å². The standard InChI is InChI=1S/C16H13N3O2S/c1-22-13-7-4-6-12(9-13)18-15(20)16(21)19-14-8-3-2-5-11(14)10-17/h2-9H,1H3,(H,18,20)(H,19,21). The lowest BCUT2D eigenvalue weighted by atomic mass is 10.2. The molecule has 0 aromatic heterocycles. The maximum Gasteiger partial charge on any atom is 0.314 e. The van der Waals surface area contributed by atoms with Crippen molar-refractivity contribution >= 4 is 35.0 Å². The normalized spacial score (nSPS) is 9.64. The van der Waals surface area contributed by atoms with Gasteiger partial charge in [0.25, 0.3) is 0 Å². The molecule has 0 aliphatic carbocycles. The molecule has 2 aromatic rings. The molecule has 0 aliphatic heterocycles. The van der Waals surface area contributed by atoms with Crippen molar-refractivity contribution in [2.45, 2.75) is 4.90 Å². The summed E-state index contributed by atoms with van der Waals surface area (Å²) in [6, 6.07) is 15.6. The molecule has 22 heavy (non-hydrogen) atoms. The van der Waals surface area contributed by atoms with Crippen LogP contribution >= 0.6 is 11.8 Å². The van der Waals surface area contributed by atoms with E-state index in [-0.39, 0.29) is 0 Å². The van der Waals surface area contributed by atoms with Crippen LogP contribution in [0.3, 0.4) is 0 Å². The molecule has 0 atom stereocenters. The fourth-order valence-electron chi connectivity index (χ4n) is 1.76. The van der Waals surface area contributed by atoms with Gasteiger partial charge in [0.2, 0.25) is 0 Å². The SMILES string of the molecule is CSc1cccc(NC(=O)C(=O)Nc2ccccc2C#N)c1. The summed E-state index contributed by atoms with van der Waals surface area (Å²) in [6.07, 6.45) is 1.92. The number of carbonyl (C=O) groups is 2. The summed E-state index contributed by atoms with van der Waals surface area (Å²) in [5.74, 6) is -1.61. The Balaban J connectivity index is 2.06. The van der Waals surface area contributed by atoms with E-state index in [0.717, 1.165) is 4.90 Å². The molecule has 2 aromatic carbocycles. The summed E-state index contributed by atoms with van der Waals surface area (Å²) in [4.78, 5) is 24.8. The van der Waals surface area contributed by atoms with Crippen LogP contribution in [0.25, 0.3) is 0 Å². The van der Waals surface area contributed by atoms with Crippen LogP contribution < -0.4 is 10.6 Å². The van der Waals surface area contributed by atoms with Crippen molar-refractivity contribution in [3.63, 3.8) is 0 Å². The number of hydrogen-bond acceptors (Lipinski definition) is 4. The molecule has 0 radical (unpaired) electrons. The lowest BCUT2D eigenvalue weighted by Crippen LogP contribution is -2.29. The zero-order valence-electron chi connectivity index (χ0n) is 11.8. The van der Waals surface area contributed by atoms with Gasteiger partial charge in [-0.3, -0.25) is 9.59 Å². The Bertz CT molecular complexity index is 753. The lowest BCUT2D eigenvalue weighted by Gasteiger charge is -2.08. The largest absolute Gasteiger partial charge is 0.318 e. The molecule has 0 spiro atoms. The van der Waals surface area contributed by atoms with Crippen molar-refractivity contribution in [1.82, 2.24) is 0 Å². The molecule has 2 rings (SSSR count). The van der Waals surface area contributed by atoms with Crippen molar-refractivity contribution in [1.29, 1.82) is 5.26 Å². The first-order valence-electron chi connectivity index (χ1n) is 6.39. The van der Waals surface area contributed by atoms with Gasteiger partial charge in [-0.2, -0.15) is 5.26 Å². The number of thioether (sulfide) groups is 1. The molecular formula is C16H13N3O2S. The molecule has 2 N–H and O–H groups in total. The van der Waals surface area contributed by atoms with Gasteiger partial charge in [-0.15, -0.1) is 11.8 Å². The Labute approximate surface area is 132 Å². The number of carbonyl (C=O) groups excluding carboxylic acids is 2. The lowest BCUT2D eigenvalue weighted by molar-refractivity contribution is -0.133. The van der Waals surface area contributed by atoms with Gasteiger partial charge in [0, 0.05) is 10.6 Å². The molecule has 0 unspecified atom stereocenters. The number of nitrogens with one attached hydrogen (secondary N) is 2. The fraction of sp³-hybridized carbons (Fsp3) is 0.0625. The highest BCUT2D eigenvalue weighted by Gasteiger charge is 2.15. The van der Waals surface area contributed by atoms with Crippen LogP contribution in [0.5, 0.6) is 0 Å². The van der Waals surface area contributed by atoms with E-state index in [1.165, 1.54) is 11.8 Å². The van der Waals surface area contributed by atoms with E-state index in [2.05, 4.69) is 10.6 Å². The number of para-hydroxylation sites is 1. The van der Waals surface area contributed by atoms with Crippen LogP contribution in [-0.4, -0.2) is 18.1 Å². The number of rotatable bonds is 3. The Morgan fingerprint density at radius 1 is 1.05 bits per heavy atom. The number of nitrogens with zero attached hydrogens (tertiary/aromatic N) is 1. The average Bonchev–Trinajstić information content (AvgIpc) is 2.55. The smallest absolute Gasteiger partial charge is 0.314 e. The zero-order valence-corrected chi connectivity index (χ0v) is 12.6. The van der Waals surface area contributed by atoms with Crippen molar-refractivity contribution in [3.8, 4) is 6.07 Å². The van der Waals surface area contributed by atoms with Crippen LogP contribution in [0.15, 0.2) is 53.4 Å². The minimum absolute atomic E-state index is 0.299. The molecule has 0 aliphatic rings. The van der Waals surface area contributed by atoms with Gasteiger partial charge >= 0.3 is 11.8 Å². The van der Waals surface area contributed by atoms with Crippen LogP contribution in [0.1, 0.15) is 5.56 Å². The van der Waals surface area contributed by atoms with Gasteiger partial charge in [-0.25, -0.2) is 0 Å². The minimum Gasteiger partial charge on any atom is -0.318 e. The maximum atomic E-state index is 11.9. The summed E-state index contributed by atoms with van der Waals surface area (Å²) >= 11 is 1.54. The van der Waals surface area contributed by atoms with Crippen LogP contribution in [0, 0.1) is 11.3 Å². The van der Waals surface area contributed by atoms with Crippen molar-refractivity contribution in [2.24, 2.45) is 0 Å². The monoisotopic (exact) mass is 311 g/mol. The number of hydrogen-bond donors (Lipinski definition) is 2. The second-order valence-electron chi connectivity index (χ2n) is 4.30.